The van der Waals surface area contributed by atoms with Gasteiger partial charge in [-0.3, -0.25) is 9.88 Å². The number of hydrogen-bond donors (Lipinski definition) is 1. The molecule has 0 aliphatic carbocycles. The molecule has 1 fully saturated rings. The average molecular weight is 340 g/mol. The monoisotopic (exact) mass is 340 g/mol. The summed E-state index contributed by atoms with van der Waals surface area (Å²) in [6.45, 7) is 4.92. The van der Waals surface area contributed by atoms with Gasteiger partial charge >= 0.3 is 6.09 Å². The molecule has 2 N–H and O–H groups in total. The van der Waals surface area contributed by atoms with Crippen LogP contribution in [0.1, 0.15) is 12.0 Å². The molecule has 0 atom stereocenters. The number of para-hydroxylation sites is 2. The number of piperazine rings is 1. The summed E-state index contributed by atoms with van der Waals surface area (Å²) in [6.07, 6.45) is 5.14. The third kappa shape index (κ3) is 4.93. The lowest BCUT2D eigenvalue weighted by molar-refractivity contribution is 0.210. The van der Waals surface area contributed by atoms with Crippen LogP contribution in [0.2, 0.25) is 0 Å². The van der Waals surface area contributed by atoms with Gasteiger partial charge in [0.15, 0.2) is 5.75 Å². The number of rotatable bonds is 6. The number of nitrogens with zero attached hydrogens (tertiary/aromatic N) is 3. The minimum atomic E-state index is -0.776. The van der Waals surface area contributed by atoms with Crippen molar-refractivity contribution in [1.29, 1.82) is 0 Å². The molecular formula is C19H24N4O2. The minimum Gasteiger partial charge on any atom is -0.408 e. The molecule has 25 heavy (non-hydrogen) atoms. The molecule has 1 aliphatic rings. The van der Waals surface area contributed by atoms with Gasteiger partial charge in [-0.15, -0.1) is 0 Å². The zero-order chi connectivity index (χ0) is 17.5. The highest BCUT2D eigenvalue weighted by Gasteiger charge is 2.19. The van der Waals surface area contributed by atoms with Crippen LogP contribution in [-0.4, -0.2) is 48.7 Å². The predicted molar refractivity (Wildman–Crippen MR) is 97.9 cm³/mol. The van der Waals surface area contributed by atoms with Gasteiger partial charge in [-0.2, -0.15) is 0 Å². The van der Waals surface area contributed by atoms with Crippen LogP contribution >= 0.6 is 0 Å². The molecule has 1 aromatic heterocycles. The van der Waals surface area contributed by atoms with Gasteiger partial charge in [-0.25, -0.2) is 4.79 Å². The predicted octanol–water partition coefficient (Wildman–Crippen LogP) is 2.29. The standard InChI is InChI=1S/C19H24N4O2/c20-19(24)25-18-6-2-1-5-17(18)23-14-12-22(13-15-23)11-3-4-16-7-9-21-10-8-16/h1-2,5-10H,3-4,11-15H2,(H2,20,24). The molecule has 0 unspecified atom stereocenters. The van der Waals surface area contributed by atoms with Crippen molar-refractivity contribution in [1.82, 2.24) is 9.88 Å². The number of nitrogens with two attached hydrogens (primary N) is 1. The summed E-state index contributed by atoms with van der Waals surface area (Å²) < 4.78 is 5.12. The molecule has 2 aromatic rings. The van der Waals surface area contributed by atoms with Gasteiger partial charge in [0.2, 0.25) is 0 Å². The van der Waals surface area contributed by atoms with E-state index in [4.69, 9.17) is 10.5 Å². The summed E-state index contributed by atoms with van der Waals surface area (Å²) in [5.74, 6) is 0.529. The van der Waals surface area contributed by atoms with E-state index in [2.05, 4.69) is 26.9 Å². The summed E-state index contributed by atoms with van der Waals surface area (Å²) in [7, 11) is 0. The van der Waals surface area contributed by atoms with Crippen molar-refractivity contribution in [2.75, 3.05) is 37.6 Å². The van der Waals surface area contributed by atoms with Gasteiger partial charge < -0.3 is 15.4 Å². The number of aromatic nitrogens is 1. The molecular weight excluding hydrogens is 316 g/mol. The van der Waals surface area contributed by atoms with Crippen molar-refractivity contribution in [2.45, 2.75) is 12.8 Å². The number of ether oxygens (including phenoxy) is 1. The Kier molecular flexibility index (Phi) is 5.85. The maximum absolute atomic E-state index is 11.1. The summed E-state index contributed by atoms with van der Waals surface area (Å²) in [4.78, 5) is 19.8. The third-order valence-corrected chi connectivity index (χ3v) is 4.48. The van der Waals surface area contributed by atoms with Crippen molar-refractivity contribution < 1.29 is 9.53 Å². The number of primary amides is 1. The minimum absolute atomic E-state index is 0.529. The lowest BCUT2D eigenvalue weighted by Crippen LogP contribution is -2.46. The fourth-order valence-corrected chi connectivity index (χ4v) is 3.18. The zero-order valence-electron chi connectivity index (χ0n) is 14.3. The van der Waals surface area contributed by atoms with Gasteiger partial charge in [0.05, 0.1) is 5.69 Å². The summed E-state index contributed by atoms with van der Waals surface area (Å²) in [5, 5.41) is 0. The maximum atomic E-state index is 11.1. The fourth-order valence-electron chi connectivity index (χ4n) is 3.18. The normalized spacial score (nSPS) is 15.1. The average Bonchev–Trinajstić information content (AvgIpc) is 2.63. The molecule has 1 aliphatic heterocycles. The largest absolute Gasteiger partial charge is 0.410 e. The number of carbonyl (C=O) groups excluding carboxylic acids is 1. The quantitative estimate of drug-likeness (QED) is 0.873. The second kappa shape index (κ2) is 8.48. The highest BCUT2D eigenvalue weighted by Crippen LogP contribution is 2.28. The zero-order valence-corrected chi connectivity index (χ0v) is 14.3. The Labute approximate surface area is 148 Å². The SMILES string of the molecule is NC(=O)Oc1ccccc1N1CCN(CCCc2ccncc2)CC1. The number of amides is 1. The van der Waals surface area contributed by atoms with Crippen LogP contribution in [0, 0.1) is 0 Å². The Balaban J connectivity index is 1.48. The van der Waals surface area contributed by atoms with Crippen molar-refractivity contribution in [3.8, 4) is 5.75 Å². The van der Waals surface area contributed by atoms with Gasteiger partial charge in [-0.1, -0.05) is 12.1 Å². The molecule has 0 bridgehead atoms. The Bertz CT molecular complexity index is 685. The number of benzene rings is 1. The summed E-state index contributed by atoms with van der Waals surface area (Å²) in [5.41, 5.74) is 7.42. The highest BCUT2D eigenvalue weighted by molar-refractivity contribution is 5.72. The lowest BCUT2D eigenvalue weighted by atomic mass is 10.1. The van der Waals surface area contributed by atoms with E-state index in [9.17, 15) is 4.79 Å². The van der Waals surface area contributed by atoms with E-state index in [0.29, 0.717) is 5.75 Å². The van der Waals surface area contributed by atoms with Crippen LogP contribution in [-0.2, 0) is 6.42 Å². The molecule has 132 valence electrons. The molecule has 0 radical (unpaired) electrons. The van der Waals surface area contributed by atoms with Crippen LogP contribution in [0.5, 0.6) is 5.75 Å². The van der Waals surface area contributed by atoms with Gasteiger partial charge in [0.25, 0.3) is 0 Å². The lowest BCUT2D eigenvalue weighted by Gasteiger charge is -2.36. The smallest absolute Gasteiger partial charge is 0.408 e. The molecule has 0 saturated carbocycles. The van der Waals surface area contributed by atoms with Crippen LogP contribution in [0.3, 0.4) is 0 Å². The van der Waals surface area contributed by atoms with E-state index in [-0.39, 0.29) is 0 Å². The first-order valence-electron chi connectivity index (χ1n) is 8.65. The molecule has 1 aromatic carbocycles. The van der Waals surface area contributed by atoms with E-state index in [1.807, 2.05) is 30.6 Å². The summed E-state index contributed by atoms with van der Waals surface area (Å²) >= 11 is 0. The molecule has 2 heterocycles. The first kappa shape index (κ1) is 17.2. The van der Waals surface area contributed by atoms with E-state index in [1.165, 1.54) is 5.56 Å². The molecule has 6 heteroatoms. The Morgan fingerprint density at radius 2 is 1.80 bits per heavy atom. The van der Waals surface area contributed by atoms with Crippen molar-refractivity contribution in [3.63, 3.8) is 0 Å². The molecule has 0 spiro atoms. The van der Waals surface area contributed by atoms with Crippen molar-refractivity contribution >= 4 is 11.8 Å². The first-order valence-corrected chi connectivity index (χ1v) is 8.65. The highest BCUT2D eigenvalue weighted by atomic mass is 16.5. The van der Waals surface area contributed by atoms with Crippen molar-refractivity contribution in [3.05, 3.63) is 54.4 Å². The Morgan fingerprint density at radius 3 is 2.52 bits per heavy atom. The van der Waals surface area contributed by atoms with Crippen LogP contribution in [0.15, 0.2) is 48.8 Å². The Hall–Kier alpha value is -2.60. The fraction of sp³-hybridized carbons (Fsp3) is 0.368. The number of hydrogen-bond acceptors (Lipinski definition) is 5. The first-order chi connectivity index (χ1) is 12.2. The van der Waals surface area contributed by atoms with Gasteiger partial charge in [0, 0.05) is 38.6 Å². The van der Waals surface area contributed by atoms with E-state index in [1.54, 1.807) is 6.07 Å². The second-order valence-corrected chi connectivity index (χ2v) is 6.18. The number of pyridine rings is 1. The number of aryl methyl sites for hydroxylation is 1. The molecule has 1 amide bonds. The van der Waals surface area contributed by atoms with Crippen LogP contribution in [0.25, 0.3) is 0 Å². The van der Waals surface area contributed by atoms with E-state index < -0.39 is 6.09 Å². The maximum Gasteiger partial charge on any atom is 0.410 e. The number of carbonyl (C=O) groups is 1. The van der Waals surface area contributed by atoms with E-state index in [0.717, 1.165) is 51.3 Å². The van der Waals surface area contributed by atoms with Crippen LogP contribution < -0.4 is 15.4 Å². The van der Waals surface area contributed by atoms with Gasteiger partial charge in [-0.05, 0) is 49.2 Å². The topological polar surface area (TPSA) is 71.7 Å². The number of anilines is 1. The Morgan fingerprint density at radius 1 is 1.08 bits per heavy atom. The van der Waals surface area contributed by atoms with E-state index >= 15 is 0 Å². The third-order valence-electron chi connectivity index (χ3n) is 4.48. The molecule has 6 nitrogen and oxygen atoms in total. The molecule has 1 saturated heterocycles. The van der Waals surface area contributed by atoms with Gasteiger partial charge in [0.1, 0.15) is 0 Å². The summed E-state index contributed by atoms with van der Waals surface area (Å²) in [6, 6.07) is 11.7. The second-order valence-electron chi connectivity index (χ2n) is 6.18. The molecule has 3 rings (SSSR count). The van der Waals surface area contributed by atoms with Crippen molar-refractivity contribution in [2.24, 2.45) is 5.73 Å². The van der Waals surface area contributed by atoms with Crippen LogP contribution in [0.4, 0.5) is 10.5 Å².